The number of carbonyl (C=O) groups is 1. The first-order valence-electron chi connectivity index (χ1n) is 9.65. The number of aromatic nitrogens is 1. The van der Waals surface area contributed by atoms with E-state index in [4.69, 9.17) is 0 Å². The molecule has 0 fully saturated rings. The van der Waals surface area contributed by atoms with Crippen molar-refractivity contribution in [1.29, 1.82) is 0 Å². The molecule has 3 aromatic rings. The van der Waals surface area contributed by atoms with Crippen LogP contribution in [0.1, 0.15) is 49.4 Å². The Balaban J connectivity index is 1.57. The molecule has 28 heavy (non-hydrogen) atoms. The van der Waals surface area contributed by atoms with Gasteiger partial charge in [0.25, 0.3) is 0 Å². The molecule has 0 radical (unpaired) electrons. The van der Waals surface area contributed by atoms with E-state index in [0.29, 0.717) is 11.6 Å². The van der Waals surface area contributed by atoms with Gasteiger partial charge >= 0.3 is 0 Å². The Bertz CT molecular complexity index is 965. The van der Waals surface area contributed by atoms with Crippen molar-refractivity contribution >= 4 is 22.4 Å². The second-order valence-corrected chi connectivity index (χ2v) is 9.19. The van der Waals surface area contributed by atoms with Gasteiger partial charge in [-0.05, 0) is 54.0 Å². The average Bonchev–Trinajstić information content (AvgIpc) is 3.10. The van der Waals surface area contributed by atoms with E-state index in [0.717, 1.165) is 17.7 Å². The lowest BCUT2D eigenvalue weighted by Crippen LogP contribution is -2.13. The standard InChI is InChI=1S/C24H28N2OS/c1-16-6-10-19(14-17(16)2)21-15-28-23(25-21)26-22(27)13-9-18-7-11-20(12-8-18)24(3,4)5/h6-8,10-12,14-15H,9,13H2,1-5H3,(H,25,26,27). The first-order valence-corrected chi connectivity index (χ1v) is 10.5. The van der Waals surface area contributed by atoms with E-state index in [1.807, 2.05) is 5.38 Å². The summed E-state index contributed by atoms with van der Waals surface area (Å²) >= 11 is 1.47. The number of anilines is 1. The fourth-order valence-corrected chi connectivity index (χ4v) is 3.71. The number of carbonyl (C=O) groups excluding carboxylic acids is 1. The third-order valence-corrected chi connectivity index (χ3v) is 5.77. The Kier molecular flexibility index (Phi) is 5.99. The zero-order chi connectivity index (χ0) is 20.3. The van der Waals surface area contributed by atoms with Crippen molar-refractivity contribution < 1.29 is 4.79 Å². The number of hydrogen-bond acceptors (Lipinski definition) is 3. The molecule has 1 amide bonds. The molecule has 0 spiro atoms. The molecule has 0 aliphatic rings. The fraction of sp³-hybridized carbons (Fsp3) is 0.333. The van der Waals surface area contributed by atoms with E-state index in [1.54, 1.807) is 0 Å². The van der Waals surface area contributed by atoms with Crippen LogP contribution < -0.4 is 5.32 Å². The predicted octanol–water partition coefficient (Wildman–Crippen LogP) is 6.30. The molecule has 0 saturated carbocycles. The summed E-state index contributed by atoms with van der Waals surface area (Å²) in [4.78, 5) is 16.9. The van der Waals surface area contributed by atoms with Gasteiger partial charge in [0, 0.05) is 17.4 Å². The smallest absolute Gasteiger partial charge is 0.226 e. The lowest BCUT2D eigenvalue weighted by Gasteiger charge is -2.19. The Labute approximate surface area is 171 Å². The van der Waals surface area contributed by atoms with Crippen LogP contribution >= 0.6 is 11.3 Å². The number of nitrogens with one attached hydrogen (secondary N) is 1. The number of thiazole rings is 1. The predicted molar refractivity (Wildman–Crippen MR) is 119 cm³/mol. The van der Waals surface area contributed by atoms with E-state index in [2.05, 4.69) is 87.4 Å². The molecule has 0 aliphatic heterocycles. The number of benzene rings is 2. The summed E-state index contributed by atoms with van der Waals surface area (Å²) in [6.45, 7) is 10.8. The minimum absolute atomic E-state index is 0.000819. The summed E-state index contributed by atoms with van der Waals surface area (Å²) in [6, 6.07) is 14.9. The molecule has 0 saturated heterocycles. The van der Waals surface area contributed by atoms with Crippen molar-refractivity contribution in [2.24, 2.45) is 0 Å². The fourth-order valence-electron chi connectivity index (χ4n) is 2.98. The summed E-state index contributed by atoms with van der Waals surface area (Å²) in [6.07, 6.45) is 1.18. The summed E-state index contributed by atoms with van der Waals surface area (Å²) in [5, 5.41) is 5.58. The van der Waals surface area contributed by atoms with Crippen LogP contribution in [0.15, 0.2) is 47.8 Å². The van der Waals surface area contributed by atoms with E-state index in [-0.39, 0.29) is 11.3 Å². The van der Waals surface area contributed by atoms with Gasteiger partial charge in [0.05, 0.1) is 5.69 Å². The molecule has 0 aliphatic carbocycles. The molecule has 1 aromatic heterocycles. The normalized spacial score (nSPS) is 11.5. The molecule has 3 rings (SSSR count). The molecule has 3 nitrogen and oxygen atoms in total. The molecule has 0 atom stereocenters. The van der Waals surface area contributed by atoms with Crippen molar-refractivity contribution in [1.82, 2.24) is 4.98 Å². The molecule has 1 heterocycles. The number of hydrogen-bond donors (Lipinski definition) is 1. The topological polar surface area (TPSA) is 42.0 Å². The largest absolute Gasteiger partial charge is 0.302 e. The van der Waals surface area contributed by atoms with Crippen LogP contribution in [0.25, 0.3) is 11.3 Å². The SMILES string of the molecule is Cc1ccc(-c2csc(NC(=O)CCc3ccc(C(C)(C)C)cc3)n2)cc1C. The zero-order valence-corrected chi connectivity index (χ0v) is 18.1. The number of amides is 1. The lowest BCUT2D eigenvalue weighted by atomic mass is 9.86. The van der Waals surface area contributed by atoms with Crippen LogP contribution in [-0.4, -0.2) is 10.9 Å². The van der Waals surface area contributed by atoms with Gasteiger partial charge < -0.3 is 5.32 Å². The molecular weight excluding hydrogens is 364 g/mol. The Hall–Kier alpha value is -2.46. The minimum atomic E-state index is 0.000819. The quantitative estimate of drug-likeness (QED) is 0.554. The van der Waals surface area contributed by atoms with Gasteiger partial charge in [-0.1, -0.05) is 57.2 Å². The van der Waals surface area contributed by atoms with Crippen molar-refractivity contribution in [3.05, 3.63) is 70.1 Å². The highest BCUT2D eigenvalue weighted by atomic mass is 32.1. The molecule has 146 valence electrons. The van der Waals surface area contributed by atoms with E-state index < -0.39 is 0 Å². The first kappa shape index (κ1) is 20.3. The lowest BCUT2D eigenvalue weighted by molar-refractivity contribution is -0.116. The zero-order valence-electron chi connectivity index (χ0n) is 17.3. The number of nitrogens with zero attached hydrogens (tertiary/aromatic N) is 1. The van der Waals surface area contributed by atoms with E-state index in [9.17, 15) is 4.79 Å². The van der Waals surface area contributed by atoms with Crippen LogP contribution in [0, 0.1) is 13.8 Å². The maximum atomic E-state index is 12.3. The van der Waals surface area contributed by atoms with Gasteiger partial charge in [-0.15, -0.1) is 11.3 Å². The maximum absolute atomic E-state index is 12.3. The van der Waals surface area contributed by atoms with Crippen molar-refractivity contribution in [2.75, 3.05) is 5.32 Å². The van der Waals surface area contributed by atoms with Gasteiger partial charge in [0.2, 0.25) is 5.91 Å². The molecule has 1 N–H and O–H groups in total. The molecule has 0 bridgehead atoms. The van der Waals surface area contributed by atoms with Gasteiger partial charge in [-0.3, -0.25) is 4.79 Å². The summed E-state index contributed by atoms with van der Waals surface area (Å²) in [7, 11) is 0. The van der Waals surface area contributed by atoms with Gasteiger partial charge in [0.1, 0.15) is 0 Å². The molecule has 0 unspecified atom stereocenters. The summed E-state index contributed by atoms with van der Waals surface area (Å²) in [5.74, 6) is 0.000819. The highest BCUT2D eigenvalue weighted by Crippen LogP contribution is 2.27. The highest BCUT2D eigenvalue weighted by Gasteiger charge is 2.13. The minimum Gasteiger partial charge on any atom is -0.302 e. The monoisotopic (exact) mass is 392 g/mol. The average molecular weight is 393 g/mol. The van der Waals surface area contributed by atoms with Crippen LogP contribution in [0.3, 0.4) is 0 Å². The van der Waals surface area contributed by atoms with Crippen LogP contribution in [0.4, 0.5) is 5.13 Å². The Morgan fingerprint density at radius 1 is 1.04 bits per heavy atom. The Morgan fingerprint density at radius 2 is 1.75 bits per heavy atom. The van der Waals surface area contributed by atoms with E-state index in [1.165, 1.54) is 33.6 Å². The summed E-state index contributed by atoms with van der Waals surface area (Å²) < 4.78 is 0. The van der Waals surface area contributed by atoms with Crippen LogP contribution in [0.5, 0.6) is 0 Å². The molecular formula is C24H28N2OS. The maximum Gasteiger partial charge on any atom is 0.226 e. The van der Waals surface area contributed by atoms with Gasteiger partial charge in [0.15, 0.2) is 5.13 Å². The van der Waals surface area contributed by atoms with Gasteiger partial charge in [-0.25, -0.2) is 4.98 Å². The van der Waals surface area contributed by atoms with Gasteiger partial charge in [-0.2, -0.15) is 0 Å². The highest BCUT2D eigenvalue weighted by molar-refractivity contribution is 7.14. The second-order valence-electron chi connectivity index (χ2n) is 8.33. The third kappa shape index (κ3) is 5.08. The van der Waals surface area contributed by atoms with Crippen molar-refractivity contribution in [3.63, 3.8) is 0 Å². The molecule has 4 heteroatoms. The third-order valence-electron chi connectivity index (χ3n) is 5.01. The number of aryl methyl sites for hydroxylation is 3. The first-order chi connectivity index (χ1) is 13.2. The summed E-state index contributed by atoms with van der Waals surface area (Å²) in [5.41, 5.74) is 7.13. The van der Waals surface area contributed by atoms with Crippen LogP contribution in [0.2, 0.25) is 0 Å². The van der Waals surface area contributed by atoms with E-state index >= 15 is 0 Å². The van der Waals surface area contributed by atoms with Crippen LogP contribution in [-0.2, 0) is 16.6 Å². The Morgan fingerprint density at radius 3 is 2.39 bits per heavy atom. The van der Waals surface area contributed by atoms with Crippen molar-refractivity contribution in [3.8, 4) is 11.3 Å². The number of rotatable bonds is 5. The molecule has 2 aromatic carbocycles. The second kappa shape index (κ2) is 8.27. The van der Waals surface area contributed by atoms with Crippen molar-refractivity contribution in [2.45, 2.75) is 52.9 Å².